The van der Waals surface area contributed by atoms with E-state index in [-0.39, 0.29) is 17.4 Å². The van der Waals surface area contributed by atoms with E-state index in [1.807, 2.05) is 6.07 Å². The number of benzene rings is 3. The van der Waals surface area contributed by atoms with Crippen LogP contribution < -0.4 is 16.6 Å². The molecule has 0 unspecified atom stereocenters. The summed E-state index contributed by atoms with van der Waals surface area (Å²) in [6.07, 6.45) is 0. The first-order chi connectivity index (χ1) is 16.9. The van der Waals surface area contributed by atoms with E-state index in [9.17, 15) is 14.0 Å². The summed E-state index contributed by atoms with van der Waals surface area (Å²) < 4.78 is 18.2. The van der Waals surface area contributed by atoms with Gasteiger partial charge in [-0.05, 0) is 53.6 Å². The van der Waals surface area contributed by atoms with Gasteiger partial charge in [0, 0.05) is 30.1 Å². The number of hydrogen-bond donors (Lipinski definition) is 4. The summed E-state index contributed by atoms with van der Waals surface area (Å²) in [6.45, 7) is 0.798. The van der Waals surface area contributed by atoms with Crippen LogP contribution in [0, 0.1) is 5.82 Å². The second-order valence-electron chi connectivity index (χ2n) is 8.08. The molecule has 2 heterocycles. The molecule has 0 bridgehead atoms. The van der Waals surface area contributed by atoms with Gasteiger partial charge in [0.15, 0.2) is 5.69 Å². The number of anilines is 1. The van der Waals surface area contributed by atoms with E-state index in [1.54, 1.807) is 49.6 Å². The molecule has 0 saturated heterocycles. The summed E-state index contributed by atoms with van der Waals surface area (Å²) in [7, 11) is 1.56. The number of aromatic nitrogens is 3. The Balaban J connectivity index is 1.52. The smallest absolute Gasteiger partial charge is 0.276 e. The number of rotatable bonds is 6. The Bertz CT molecular complexity index is 1620. The number of nitrogens with one attached hydrogen (secondary N) is 3. The van der Waals surface area contributed by atoms with E-state index in [1.165, 1.54) is 12.1 Å². The number of hydrogen-bond acceptors (Lipinski definition) is 5. The number of ether oxygens (including phenoxy) is 1. The quantitative estimate of drug-likeness (QED) is 0.280. The first-order valence-electron chi connectivity index (χ1n) is 10.9. The van der Waals surface area contributed by atoms with Crippen molar-refractivity contribution < 1.29 is 13.9 Å². The number of nitrogens with two attached hydrogens (primary N) is 1. The van der Waals surface area contributed by atoms with E-state index in [0.29, 0.717) is 52.0 Å². The van der Waals surface area contributed by atoms with Gasteiger partial charge in [0.05, 0.1) is 29.0 Å². The van der Waals surface area contributed by atoms with Gasteiger partial charge in [-0.1, -0.05) is 18.2 Å². The molecule has 0 radical (unpaired) electrons. The van der Waals surface area contributed by atoms with Crippen LogP contribution in [0.1, 0.15) is 10.4 Å². The summed E-state index contributed by atoms with van der Waals surface area (Å²) >= 11 is 0. The van der Waals surface area contributed by atoms with Gasteiger partial charge in [-0.25, -0.2) is 9.37 Å². The third-order valence-electron chi connectivity index (χ3n) is 5.80. The van der Waals surface area contributed by atoms with Gasteiger partial charge in [-0.3, -0.25) is 9.59 Å². The summed E-state index contributed by atoms with van der Waals surface area (Å²) in [4.78, 5) is 35.9. The second-order valence-corrected chi connectivity index (χ2v) is 8.08. The van der Waals surface area contributed by atoms with Crippen molar-refractivity contribution in [2.24, 2.45) is 0 Å². The predicted octanol–water partition coefficient (Wildman–Crippen LogP) is 3.84. The minimum atomic E-state index is -0.412. The number of nitrogens with zero attached hydrogens (tertiary/aromatic N) is 1. The van der Waals surface area contributed by atoms with Crippen molar-refractivity contribution in [2.45, 2.75) is 0 Å². The fourth-order valence-corrected chi connectivity index (χ4v) is 3.99. The molecule has 2 aromatic heterocycles. The lowest BCUT2D eigenvalue weighted by molar-refractivity contribution is 0.0937. The Morgan fingerprint density at radius 3 is 2.57 bits per heavy atom. The summed E-state index contributed by atoms with van der Waals surface area (Å²) in [5, 5.41) is 3.39. The molecule has 3 aromatic carbocycles. The maximum Gasteiger partial charge on any atom is 0.276 e. The van der Waals surface area contributed by atoms with E-state index in [0.717, 1.165) is 11.1 Å². The molecule has 8 nitrogen and oxygen atoms in total. The molecule has 176 valence electrons. The molecule has 0 saturated carbocycles. The Morgan fingerprint density at radius 2 is 1.80 bits per heavy atom. The lowest BCUT2D eigenvalue weighted by atomic mass is 10.0. The predicted molar refractivity (Wildman–Crippen MR) is 134 cm³/mol. The first kappa shape index (κ1) is 22.3. The Morgan fingerprint density at radius 1 is 1.03 bits per heavy atom. The van der Waals surface area contributed by atoms with Gasteiger partial charge in [-0.15, -0.1) is 0 Å². The van der Waals surface area contributed by atoms with Crippen LogP contribution >= 0.6 is 0 Å². The van der Waals surface area contributed by atoms with Crippen LogP contribution in [-0.4, -0.2) is 41.1 Å². The van der Waals surface area contributed by atoms with Gasteiger partial charge in [0.1, 0.15) is 5.82 Å². The van der Waals surface area contributed by atoms with Crippen LogP contribution in [-0.2, 0) is 4.74 Å². The highest BCUT2D eigenvalue weighted by molar-refractivity contribution is 6.04. The third-order valence-corrected chi connectivity index (χ3v) is 5.80. The van der Waals surface area contributed by atoms with Crippen molar-refractivity contribution in [3.05, 3.63) is 82.4 Å². The number of carbonyl (C=O) groups excluding carboxylic acids is 1. The highest BCUT2D eigenvalue weighted by Crippen LogP contribution is 2.32. The van der Waals surface area contributed by atoms with Gasteiger partial charge >= 0.3 is 0 Å². The number of fused-ring (bicyclic) bond motifs is 2. The van der Waals surface area contributed by atoms with E-state index in [2.05, 4.69) is 20.3 Å². The van der Waals surface area contributed by atoms with Crippen LogP contribution in [0.15, 0.2) is 65.5 Å². The van der Waals surface area contributed by atoms with Gasteiger partial charge < -0.3 is 25.8 Å². The SMILES string of the molecule is COCCNC(=O)c1ccc2[nH]c(-c3nc4ccc(-c5ccc(F)cc5)cc4[nH]c3=O)c(N)c2c1. The number of methoxy groups -OCH3 is 1. The zero-order chi connectivity index (χ0) is 24.5. The highest BCUT2D eigenvalue weighted by atomic mass is 19.1. The normalized spacial score (nSPS) is 11.3. The molecule has 0 fully saturated rings. The maximum absolute atomic E-state index is 13.3. The second kappa shape index (κ2) is 9.03. The number of aromatic amines is 2. The molecule has 5 aromatic rings. The molecule has 5 N–H and O–H groups in total. The third kappa shape index (κ3) is 4.24. The largest absolute Gasteiger partial charge is 0.396 e. The molecule has 0 aliphatic heterocycles. The molecule has 0 spiro atoms. The van der Waals surface area contributed by atoms with Crippen molar-refractivity contribution in [3.63, 3.8) is 0 Å². The highest BCUT2D eigenvalue weighted by Gasteiger charge is 2.17. The standard InChI is InChI=1S/C26H22FN5O3/c1-35-11-10-29-25(33)16-5-8-19-18(12-16)22(28)23(30-19)24-26(34)32-21-13-15(4-9-20(21)31-24)14-2-6-17(27)7-3-14/h2-9,12-13,30H,10-11,28H2,1H3,(H,29,33)(H,32,34). The lowest BCUT2D eigenvalue weighted by Crippen LogP contribution is -2.26. The average molecular weight is 471 g/mol. The maximum atomic E-state index is 13.3. The number of nitrogen functional groups attached to an aromatic ring is 1. The molecule has 0 aliphatic rings. The van der Waals surface area contributed by atoms with Crippen molar-refractivity contribution in [2.75, 3.05) is 26.0 Å². The van der Waals surface area contributed by atoms with E-state index >= 15 is 0 Å². The summed E-state index contributed by atoms with van der Waals surface area (Å²) in [5.74, 6) is -0.561. The van der Waals surface area contributed by atoms with Gasteiger partial charge in [-0.2, -0.15) is 0 Å². The van der Waals surface area contributed by atoms with Crippen molar-refractivity contribution in [1.82, 2.24) is 20.3 Å². The molecule has 0 aliphatic carbocycles. The number of amides is 1. The van der Waals surface area contributed by atoms with Gasteiger partial charge in [0.25, 0.3) is 11.5 Å². The molecular weight excluding hydrogens is 449 g/mol. The summed E-state index contributed by atoms with van der Waals surface area (Å²) in [6, 6.07) is 16.7. The molecule has 0 atom stereocenters. The fraction of sp³-hybridized carbons (Fsp3) is 0.115. The molecule has 5 rings (SSSR count). The van der Waals surface area contributed by atoms with Crippen LogP contribution in [0.3, 0.4) is 0 Å². The number of halogens is 1. The zero-order valence-electron chi connectivity index (χ0n) is 18.8. The molecule has 1 amide bonds. The Hall–Kier alpha value is -4.50. The fourth-order valence-electron chi connectivity index (χ4n) is 3.99. The molecule has 9 heteroatoms. The number of H-pyrrole nitrogens is 2. The zero-order valence-corrected chi connectivity index (χ0v) is 18.8. The average Bonchev–Trinajstić information content (AvgIpc) is 3.19. The van der Waals surface area contributed by atoms with E-state index in [4.69, 9.17) is 10.5 Å². The van der Waals surface area contributed by atoms with Crippen molar-refractivity contribution >= 4 is 33.5 Å². The van der Waals surface area contributed by atoms with Crippen LogP contribution in [0.4, 0.5) is 10.1 Å². The Kier molecular flexibility index (Phi) is 5.76. The number of carbonyl (C=O) groups is 1. The van der Waals surface area contributed by atoms with Crippen molar-refractivity contribution in [3.8, 4) is 22.5 Å². The van der Waals surface area contributed by atoms with Crippen molar-refractivity contribution in [1.29, 1.82) is 0 Å². The topological polar surface area (TPSA) is 126 Å². The van der Waals surface area contributed by atoms with Crippen LogP contribution in [0.5, 0.6) is 0 Å². The molecule has 35 heavy (non-hydrogen) atoms. The monoisotopic (exact) mass is 471 g/mol. The van der Waals surface area contributed by atoms with E-state index < -0.39 is 5.56 Å². The summed E-state index contributed by atoms with van der Waals surface area (Å²) in [5.41, 5.74) is 10.7. The molecular formula is C26H22FN5O3. The first-order valence-corrected chi connectivity index (χ1v) is 10.9. The van der Waals surface area contributed by atoms with Crippen LogP contribution in [0.25, 0.3) is 44.5 Å². The minimum absolute atomic E-state index is 0.145. The minimum Gasteiger partial charge on any atom is -0.396 e. The lowest BCUT2D eigenvalue weighted by Gasteiger charge is -2.06. The van der Waals surface area contributed by atoms with Gasteiger partial charge in [0.2, 0.25) is 0 Å². The van der Waals surface area contributed by atoms with Crippen LogP contribution in [0.2, 0.25) is 0 Å². The Labute approximate surface area is 199 Å².